The van der Waals surface area contributed by atoms with Crippen LogP contribution in [0.4, 0.5) is 0 Å². The summed E-state index contributed by atoms with van der Waals surface area (Å²) in [6.45, 7) is 3.85. The number of nitrogens with one attached hydrogen (secondary N) is 1. The highest BCUT2D eigenvalue weighted by Gasteiger charge is 2.43. The van der Waals surface area contributed by atoms with E-state index in [9.17, 15) is 9.59 Å². The molecule has 0 bridgehead atoms. The van der Waals surface area contributed by atoms with Crippen LogP contribution in [0.2, 0.25) is 0 Å². The highest BCUT2D eigenvalue weighted by molar-refractivity contribution is 5.85. The lowest BCUT2D eigenvalue weighted by Gasteiger charge is -2.42. The molecule has 32 heavy (non-hydrogen) atoms. The zero-order valence-electron chi connectivity index (χ0n) is 19.2. The minimum absolute atomic E-state index is 0.0766. The van der Waals surface area contributed by atoms with E-state index in [0.717, 1.165) is 36.1 Å². The lowest BCUT2D eigenvalue weighted by atomic mass is 9.73. The number of carbonyl (C=O) groups is 2. The summed E-state index contributed by atoms with van der Waals surface area (Å²) < 4.78 is 0. The number of piperidine rings is 1. The van der Waals surface area contributed by atoms with Gasteiger partial charge in [0.1, 0.15) is 0 Å². The first-order valence-electron chi connectivity index (χ1n) is 12.1. The van der Waals surface area contributed by atoms with E-state index in [1.54, 1.807) is 12.4 Å². The first-order valence-corrected chi connectivity index (χ1v) is 12.1. The van der Waals surface area contributed by atoms with Crippen molar-refractivity contribution < 1.29 is 9.59 Å². The van der Waals surface area contributed by atoms with Gasteiger partial charge in [-0.15, -0.1) is 0 Å². The van der Waals surface area contributed by atoms with Gasteiger partial charge >= 0.3 is 0 Å². The summed E-state index contributed by atoms with van der Waals surface area (Å²) in [5.74, 6) is 0.837. The maximum absolute atomic E-state index is 13.3. The second-order valence-electron chi connectivity index (χ2n) is 9.53. The third-order valence-corrected chi connectivity index (χ3v) is 7.17. The van der Waals surface area contributed by atoms with E-state index >= 15 is 0 Å². The summed E-state index contributed by atoms with van der Waals surface area (Å²) in [7, 11) is 0. The molecule has 2 amide bonds. The number of hydrogen-bond acceptors (Lipinski definition) is 3. The molecule has 4 rings (SSSR count). The molecule has 2 aliphatic rings. The molecule has 1 aromatic carbocycles. The fourth-order valence-corrected chi connectivity index (χ4v) is 5.49. The molecular formula is C27H35N3O2. The fraction of sp³-hybridized carbons (Fsp3) is 0.519. The zero-order valence-corrected chi connectivity index (χ0v) is 19.2. The number of hydrogen-bond donors (Lipinski definition) is 1. The van der Waals surface area contributed by atoms with Gasteiger partial charge in [-0.1, -0.05) is 37.1 Å². The Hall–Kier alpha value is -2.69. The second-order valence-corrected chi connectivity index (χ2v) is 9.53. The van der Waals surface area contributed by atoms with Crippen LogP contribution in [0.25, 0.3) is 11.1 Å². The molecule has 0 spiro atoms. The van der Waals surface area contributed by atoms with Crippen LogP contribution in [0.1, 0.15) is 57.4 Å². The average Bonchev–Trinajstić information content (AvgIpc) is 3.33. The molecule has 5 heteroatoms. The Balaban J connectivity index is 1.55. The Morgan fingerprint density at radius 3 is 2.62 bits per heavy atom. The van der Waals surface area contributed by atoms with E-state index in [2.05, 4.69) is 34.6 Å². The molecule has 1 N–H and O–H groups in total. The van der Waals surface area contributed by atoms with Crippen molar-refractivity contribution in [1.82, 2.24) is 15.2 Å². The van der Waals surface area contributed by atoms with Crippen LogP contribution in [0, 0.1) is 11.3 Å². The summed E-state index contributed by atoms with van der Waals surface area (Å²) in [6, 6.07) is 12.4. The zero-order chi connectivity index (χ0) is 22.4. The molecular weight excluding hydrogens is 398 g/mol. The van der Waals surface area contributed by atoms with E-state index in [1.807, 2.05) is 24.0 Å². The number of amides is 2. The Morgan fingerprint density at radius 1 is 1.09 bits per heavy atom. The molecule has 1 aliphatic carbocycles. The van der Waals surface area contributed by atoms with Gasteiger partial charge < -0.3 is 10.2 Å². The molecule has 1 aromatic heterocycles. The van der Waals surface area contributed by atoms with Crippen LogP contribution in [0.5, 0.6) is 0 Å². The lowest BCUT2D eigenvalue weighted by Crippen LogP contribution is -2.54. The molecule has 2 heterocycles. The van der Waals surface area contributed by atoms with Crippen LogP contribution in [-0.2, 0) is 16.0 Å². The first kappa shape index (κ1) is 22.5. The molecule has 5 nitrogen and oxygen atoms in total. The summed E-state index contributed by atoms with van der Waals surface area (Å²) >= 11 is 0. The maximum atomic E-state index is 13.3. The number of nitrogens with zero attached hydrogens (tertiary/aromatic N) is 2. The topological polar surface area (TPSA) is 62.3 Å². The number of pyridine rings is 1. The number of rotatable bonds is 7. The van der Waals surface area contributed by atoms with Gasteiger partial charge in [0.25, 0.3) is 0 Å². The number of likely N-dealkylation sites (tertiary alicyclic amines) is 1. The standard InChI is InChI=1S/C27H35N3O2/c1-2-29-26(32)27(13-6-16-30(20-27)25(31)18-21-7-3-4-8-21)19-22-9-5-10-24(17-22)23-11-14-28-15-12-23/h5,9-12,14-15,17,21H,2-4,6-8,13,16,18-20H2,1H3,(H,29,32). The molecule has 1 saturated carbocycles. The van der Waals surface area contributed by atoms with E-state index in [0.29, 0.717) is 31.8 Å². The van der Waals surface area contributed by atoms with Crippen LogP contribution >= 0.6 is 0 Å². The largest absolute Gasteiger partial charge is 0.356 e. The van der Waals surface area contributed by atoms with Crippen molar-refractivity contribution in [2.45, 2.75) is 58.3 Å². The predicted octanol–water partition coefficient (Wildman–Crippen LogP) is 4.62. The van der Waals surface area contributed by atoms with Crippen molar-refractivity contribution in [2.75, 3.05) is 19.6 Å². The predicted molar refractivity (Wildman–Crippen MR) is 127 cm³/mol. The Bertz CT molecular complexity index is 924. The smallest absolute Gasteiger partial charge is 0.228 e. The van der Waals surface area contributed by atoms with Gasteiger partial charge in [0.2, 0.25) is 11.8 Å². The minimum atomic E-state index is -0.573. The van der Waals surface area contributed by atoms with E-state index in [1.165, 1.54) is 25.7 Å². The highest BCUT2D eigenvalue weighted by Crippen LogP contribution is 2.36. The first-order chi connectivity index (χ1) is 15.6. The Kier molecular flexibility index (Phi) is 7.23. The molecule has 2 fully saturated rings. The van der Waals surface area contributed by atoms with Crippen molar-refractivity contribution in [3.8, 4) is 11.1 Å². The number of aromatic nitrogens is 1. The summed E-state index contributed by atoms with van der Waals surface area (Å²) in [4.78, 5) is 32.5. The maximum Gasteiger partial charge on any atom is 0.228 e. The normalized spacial score (nSPS) is 21.5. The van der Waals surface area contributed by atoms with Crippen molar-refractivity contribution >= 4 is 11.8 Å². The third kappa shape index (κ3) is 5.20. The summed E-state index contributed by atoms with van der Waals surface area (Å²) in [5, 5.41) is 3.07. The molecule has 1 atom stereocenters. The molecule has 1 aliphatic heterocycles. The average molecular weight is 434 g/mol. The van der Waals surface area contributed by atoms with Crippen molar-refractivity contribution in [3.63, 3.8) is 0 Å². The van der Waals surface area contributed by atoms with Gasteiger partial charge in [-0.3, -0.25) is 14.6 Å². The van der Waals surface area contributed by atoms with Crippen LogP contribution in [0.15, 0.2) is 48.8 Å². The summed E-state index contributed by atoms with van der Waals surface area (Å²) in [6.07, 6.45) is 11.4. The van der Waals surface area contributed by atoms with Gasteiger partial charge in [-0.2, -0.15) is 0 Å². The van der Waals surface area contributed by atoms with Gasteiger partial charge in [-0.25, -0.2) is 0 Å². The van der Waals surface area contributed by atoms with Crippen molar-refractivity contribution in [2.24, 2.45) is 11.3 Å². The SMILES string of the molecule is CCNC(=O)C1(Cc2cccc(-c3ccncc3)c2)CCCN(C(=O)CC2CCCC2)C1. The fourth-order valence-electron chi connectivity index (χ4n) is 5.49. The lowest BCUT2D eigenvalue weighted by molar-refractivity contribution is -0.142. The Labute approximate surface area is 191 Å². The summed E-state index contributed by atoms with van der Waals surface area (Å²) in [5.41, 5.74) is 2.80. The molecule has 170 valence electrons. The number of benzene rings is 1. The van der Waals surface area contributed by atoms with Gasteiger partial charge in [0.05, 0.1) is 5.41 Å². The van der Waals surface area contributed by atoms with Gasteiger partial charge in [0.15, 0.2) is 0 Å². The van der Waals surface area contributed by atoms with Gasteiger partial charge in [-0.05, 0) is 73.8 Å². The van der Waals surface area contributed by atoms with E-state index < -0.39 is 5.41 Å². The second kappa shape index (κ2) is 10.3. The van der Waals surface area contributed by atoms with Crippen LogP contribution in [0.3, 0.4) is 0 Å². The minimum Gasteiger partial charge on any atom is -0.356 e. The molecule has 2 aromatic rings. The van der Waals surface area contributed by atoms with E-state index in [4.69, 9.17) is 0 Å². The number of carbonyl (C=O) groups excluding carboxylic acids is 2. The van der Waals surface area contributed by atoms with Crippen molar-refractivity contribution in [1.29, 1.82) is 0 Å². The monoisotopic (exact) mass is 433 g/mol. The highest BCUT2D eigenvalue weighted by atomic mass is 16.2. The van der Waals surface area contributed by atoms with Crippen molar-refractivity contribution in [3.05, 3.63) is 54.4 Å². The Morgan fingerprint density at radius 2 is 1.88 bits per heavy atom. The molecule has 1 saturated heterocycles. The van der Waals surface area contributed by atoms with E-state index in [-0.39, 0.29) is 11.8 Å². The third-order valence-electron chi connectivity index (χ3n) is 7.17. The van der Waals surface area contributed by atoms with Crippen LogP contribution in [-0.4, -0.2) is 41.3 Å². The molecule has 0 radical (unpaired) electrons. The van der Waals surface area contributed by atoms with Gasteiger partial charge in [0, 0.05) is 38.4 Å². The van der Waals surface area contributed by atoms with Crippen LogP contribution < -0.4 is 5.32 Å². The quantitative estimate of drug-likeness (QED) is 0.693. The molecule has 1 unspecified atom stereocenters.